The Balaban J connectivity index is 1.75. The molecule has 90 valence electrons. The van der Waals surface area contributed by atoms with Gasteiger partial charge in [-0.05, 0) is 43.9 Å². The first-order valence-corrected chi connectivity index (χ1v) is 5.78. The molecule has 0 radical (unpaired) electrons. The second-order valence-corrected chi connectivity index (χ2v) is 4.17. The second-order valence-electron chi connectivity index (χ2n) is 4.17. The molecule has 2 N–H and O–H groups in total. The molecule has 0 aliphatic carbocycles. The van der Waals surface area contributed by atoms with Crippen molar-refractivity contribution in [3.8, 4) is 0 Å². The van der Waals surface area contributed by atoms with Crippen molar-refractivity contribution in [2.24, 2.45) is 0 Å². The largest absolute Gasteiger partial charge is 0.369 e. The molecule has 0 fully saturated rings. The van der Waals surface area contributed by atoms with Gasteiger partial charge in [0, 0.05) is 12.2 Å². The van der Waals surface area contributed by atoms with E-state index in [1.165, 1.54) is 5.56 Å². The molecule has 2 aromatic heterocycles. The fraction of sp³-hybridized carbons (Fsp3) is 0.417. The van der Waals surface area contributed by atoms with Gasteiger partial charge < -0.3 is 5.32 Å². The molecule has 0 bridgehead atoms. The van der Waals surface area contributed by atoms with E-state index in [1.54, 1.807) is 6.20 Å². The van der Waals surface area contributed by atoms with Crippen molar-refractivity contribution in [1.82, 2.24) is 20.4 Å². The number of rotatable bonds is 5. The van der Waals surface area contributed by atoms with E-state index in [0.29, 0.717) is 0 Å². The first-order chi connectivity index (χ1) is 8.25. The summed E-state index contributed by atoms with van der Waals surface area (Å²) in [6.45, 7) is 4.94. The summed E-state index contributed by atoms with van der Waals surface area (Å²) in [6, 6.07) is 2.00. The van der Waals surface area contributed by atoms with Gasteiger partial charge in [-0.15, -0.1) is 5.10 Å². The average Bonchev–Trinajstić information content (AvgIpc) is 2.71. The molecule has 5 heteroatoms. The molecule has 0 saturated carbocycles. The zero-order chi connectivity index (χ0) is 12.1. The Morgan fingerprint density at radius 1 is 1.29 bits per heavy atom. The van der Waals surface area contributed by atoms with E-state index in [0.717, 1.165) is 36.5 Å². The molecule has 2 aromatic rings. The number of hydrogen-bond donors (Lipinski definition) is 2. The van der Waals surface area contributed by atoms with Crippen LogP contribution in [0.25, 0.3) is 0 Å². The molecule has 0 aromatic carbocycles. The summed E-state index contributed by atoms with van der Waals surface area (Å²) in [5.41, 5.74) is 3.55. The van der Waals surface area contributed by atoms with E-state index in [9.17, 15) is 0 Å². The van der Waals surface area contributed by atoms with Gasteiger partial charge in [-0.1, -0.05) is 0 Å². The first kappa shape index (κ1) is 11.6. The Labute approximate surface area is 101 Å². The fourth-order valence-corrected chi connectivity index (χ4v) is 1.67. The Morgan fingerprint density at radius 3 is 2.88 bits per heavy atom. The fourth-order valence-electron chi connectivity index (χ4n) is 1.67. The van der Waals surface area contributed by atoms with Crippen LogP contribution in [0.2, 0.25) is 0 Å². The highest BCUT2D eigenvalue weighted by molar-refractivity contribution is 5.34. The number of nitrogens with zero attached hydrogens (tertiary/aromatic N) is 3. The maximum absolute atomic E-state index is 4.01. The number of anilines is 1. The molecule has 2 rings (SSSR count). The average molecular weight is 231 g/mol. The molecule has 0 aliphatic heterocycles. The monoisotopic (exact) mass is 231 g/mol. The third kappa shape index (κ3) is 3.27. The quantitative estimate of drug-likeness (QED) is 0.771. The van der Waals surface area contributed by atoms with Crippen molar-refractivity contribution in [3.05, 3.63) is 35.3 Å². The van der Waals surface area contributed by atoms with Crippen LogP contribution in [-0.2, 0) is 6.42 Å². The SMILES string of the molecule is Cc1cnnc(NCCCc2cn[nH]c2C)c1. The second kappa shape index (κ2) is 5.43. The van der Waals surface area contributed by atoms with Gasteiger partial charge in [0.2, 0.25) is 0 Å². The topological polar surface area (TPSA) is 66.5 Å². The number of H-pyrrole nitrogens is 1. The van der Waals surface area contributed by atoms with Gasteiger partial charge in [-0.2, -0.15) is 10.2 Å². The summed E-state index contributed by atoms with van der Waals surface area (Å²) in [5, 5.41) is 18.1. The van der Waals surface area contributed by atoms with E-state index in [2.05, 4.69) is 25.7 Å². The minimum atomic E-state index is 0.842. The van der Waals surface area contributed by atoms with Crippen molar-refractivity contribution in [1.29, 1.82) is 0 Å². The molecule has 5 nitrogen and oxygen atoms in total. The molecule has 0 amide bonds. The minimum absolute atomic E-state index is 0.842. The number of aryl methyl sites for hydroxylation is 3. The van der Waals surface area contributed by atoms with Gasteiger partial charge in [-0.3, -0.25) is 5.10 Å². The van der Waals surface area contributed by atoms with Crippen LogP contribution in [0.1, 0.15) is 23.2 Å². The molecule has 0 atom stereocenters. The van der Waals surface area contributed by atoms with Crippen LogP contribution >= 0.6 is 0 Å². The first-order valence-electron chi connectivity index (χ1n) is 5.78. The van der Waals surface area contributed by atoms with Gasteiger partial charge in [0.25, 0.3) is 0 Å². The number of aromatic nitrogens is 4. The number of nitrogens with one attached hydrogen (secondary N) is 2. The van der Waals surface area contributed by atoms with Gasteiger partial charge >= 0.3 is 0 Å². The summed E-state index contributed by atoms with van der Waals surface area (Å²) >= 11 is 0. The molecule has 2 heterocycles. The summed E-state index contributed by atoms with van der Waals surface area (Å²) in [7, 11) is 0. The lowest BCUT2D eigenvalue weighted by molar-refractivity contribution is 0.847. The number of aromatic amines is 1. The Morgan fingerprint density at radius 2 is 2.18 bits per heavy atom. The van der Waals surface area contributed by atoms with Gasteiger partial charge in [0.1, 0.15) is 5.82 Å². The zero-order valence-corrected chi connectivity index (χ0v) is 10.2. The summed E-state index contributed by atoms with van der Waals surface area (Å²) < 4.78 is 0. The molecule has 0 unspecified atom stereocenters. The van der Waals surface area contributed by atoms with Crippen LogP contribution in [0.4, 0.5) is 5.82 Å². The van der Waals surface area contributed by atoms with Crippen molar-refractivity contribution in [2.45, 2.75) is 26.7 Å². The van der Waals surface area contributed by atoms with E-state index < -0.39 is 0 Å². The molecule has 0 aliphatic rings. The van der Waals surface area contributed by atoms with Crippen molar-refractivity contribution >= 4 is 5.82 Å². The lowest BCUT2D eigenvalue weighted by atomic mass is 10.1. The van der Waals surface area contributed by atoms with Crippen LogP contribution in [0.15, 0.2) is 18.5 Å². The van der Waals surface area contributed by atoms with Gasteiger partial charge in [0.15, 0.2) is 0 Å². The van der Waals surface area contributed by atoms with E-state index in [4.69, 9.17) is 0 Å². The maximum Gasteiger partial charge on any atom is 0.148 e. The lowest BCUT2D eigenvalue weighted by Crippen LogP contribution is -2.05. The Hall–Kier alpha value is -1.91. The van der Waals surface area contributed by atoms with E-state index in [1.807, 2.05) is 26.1 Å². The van der Waals surface area contributed by atoms with Crippen LogP contribution in [0.3, 0.4) is 0 Å². The van der Waals surface area contributed by atoms with E-state index in [-0.39, 0.29) is 0 Å². The predicted octanol–water partition coefficient (Wildman–Crippen LogP) is 1.86. The van der Waals surface area contributed by atoms with Crippen molar-refractivity contribution < 1.29 is 0 Å². The maximum atomic E-state index is 4.01. The highest BCUT2D eigenvalue weighted by Gasteiger charge is 2.00. The van der Waals surface area contributed by atoms with Crippen LogP contribution in [0.5, 0.6) is 0 Å². The molecule has 0 spiro atoms. The van der Waals surface area contributed by atoms with Crippen LogP contribution < -0.4 is 5.32 Å². The number of hydrogen-bond acceptors (Lipinski definition) is 4. The summed E-state index contributed by atoms with van der Waals surface area (Å²) in [4.78, 5) is 0. The molecular formula is C12H17N5. The minimum Gasteiger partial charge on any atom is -0.369 e. The lowest BCUT2D eigenvalue weighted by Gasteiger charge is -2.04. The highest BCUT2D eigenvalue weighted by Crippen LogP contribution is 2.07. The van der Waals surface area contributed by atoms with Gasteiger partial charge in [0.05, 0.1) is 12.4 Å². The molecule has 17 heavy (non-hydrogen) atoms. The third-order valence-electron chi connectivity index (χ3n) is 2.65. The standard InChI is InChI=1S/C12H17N5/c1-9-6-12(17-14-7-9)13-5-3-4-11-8-15-16-10(11)2/h6-8H,3-5H2,1-2H3,(H,13,17)(H,15,16). The summed E-state index contributed by atoms with van der Waals surface area (Å²) in [6.07, 6.45) is 5.71. The molecule has 0 saturated heterocycles. The van der Waals surface area contributed by atoms with Crippen LogP contribution in [-0.4, -0.2) is 26.9 Å². The van der Waals surface area contributed by atoms with Crippen LogP contribution in [0, 0.1) is 13.8 Å². The highest BCUT2D eigenvalue weighted by atomic mass is 15.2. The van der Waals surface area contributed by atoms with E-state index >= 15 is 0 Å². The third-order valence-corrected chi connectivity index (χ3v) is 2.65. The van der Waals surface area contributed by atoms with Crippen molar-refractivity contribution in [2.75, 3.05) is 11.9 Å². The smallest absolute Gasteiger partial charge is 0.148 e. The predicted molar refractivity (Wildman–Crippen MR) is 66.9 cm³/mol. The normalized spacial score (nSPS) is 10.5. The molecular weight excluding hydrogens is 214 g/mol. The zero-order valence-electron chi connectivity index (χ0n) is 10.2. The van der Waals surface area contributed by atoms with Crippen molar-refractivity contribution in [3.63, 3.8) is 0 Å². The Kier molecular flexibility index (Phi) is 3.69. The summed E-state index contributed by atoms with van der Waals surface area (Å²) in [5.74, 6) is 0.842. The Bertz CT molecular complexity index is 477. The van der Waals surface area contributed by atoms with Gasteiger partial charge in [-0.25, -0.2) is 0 Å².